The van der Waals surface area contributed by atoms with Crippen molar-refractivity contribution in [2.45, 2.75) is 45.1 Å². The Labute approximate surface area is 126 Å². The predicted molar refractivity (Wildman–Crippen MR) is 80.2 cm³/mol. The zero-order valence-electron chi connectivity index (χ0n) is 12.9. The number of urea groups is 1. The number of nitrogens with zero attached hydrogens (tertiary/aromatic N) is 2. The van der Waals surface area contributed by atoms with Crippen LogP contribution in [0.25, 0.3) is 0 Å². The minimum Gasteiger partial charge on any atom is -0.481 e. The van der Waals surface area contributed by atoms with Crippen LogP contribution in [0.2, 0.25) is 0 Å². The van der Waals surface area contributed by atoms with E-state index in [9.17, 15) is 9.59 Å². The molecule has 0 saturated carbocycles. The number of aliphatic carboxylic acids is 1. The van der Waals surface area contributed by atoms with Crippen LogP contribution in [0.1, 0.15) is 39.0 Å². The first kappa shape index (κ1) is 16.1. The number of carboxylic acids is 1. The molecular weight excluding hydrogens is 270 g/mol. The van der Waals surface area contributed by atoms with Crippen molar-refractivity contribution in [1.82, 2.24) is 15.1 Å². The van der Waals surface area contributed by atoms with E-state index >= 15 is 0 Å². The molecule has 1 atom stereocenters. The molecule has 0 aliphatic carbocycles. The highest BCUT2D eigenvalue weighted by atomic mass is 16.4. The van der Waals surface area contributed by atoms with Crippen LogP contribution < -0.4 is 5.32 Å². The van der Waals surface area contributed by atoms with Gasteiger partial charge in [-0.3, -0.25) is 4.79 Å². The molecule has 2 N–H and O–H groups in total. The molecule has 2 amide bonds. The van der Waals surface area contributed by atoms with Gasteiger partial charge in [0, 0.05) is 38.6 Å². The number of hydrogen-bond acceptors (Lipinski definition) is 3. The average Bonchev–Trinajstić information content (AvgIpc) is 2.89. The first-order valence-corrected chi connectivity index (χ1v) is 8.08. The van der Waals surface area contributed by atoms with Crippen molar-refractivity contribution in [2.75, 3.05) is 32.7 Å². The molecule has 0 radical (unpaired) electrons. The molecule has 0 bridgehead atoms. The Morgan fingerprint density at radius 2 is 1.90 bits per heavy atom. The number of carbonyl (C=O) groups is 2. The molecule has 0 spiro atoms. The van der Waals surface area contributed by atoms with Crippen molar-refractivity contribution in [3.63, 3.8) is 0 Å². The van der Waals surface area contributed by atoms with Gasteiger partial charge < -0.3 is 20.2 Å². The second kappa shape index (κ2) is 7.64. The number of carboxylic acid groups (broad SMARTS) is 1. The number of hydrogen-bond donors (Lipinski definition) is 2. The Balaban J connectivity index is 1.69. The van der Waals surface area contributed by atoms with E-state index in [0.29, 0.717) is 13.1 Å². The Bertz CT molecular complexity index is 367. The summed E-state index contributed by atoms with van der Waals surface area (Å²) in [6.07, 6.45) is 4.17. The van der Waals surface area contributed by atoms with Crippen LogP contribution in [0.4, 0.5) is 4.79 Å². The minimum absolute atomic E-state index is 0.0168. The van der Waals surface area contributed by atoms with E-state index in [1.165, 1.54) is 6.42 Å². The van der Waals surface area contributed by atoms with Crippen molar-refractivity contribution in [3.8, 4) is 0 Å². The number of carbonyl (C=O) groups excluding carboxylic acids is 1. The molecule has 0 aromatic heterocycles. The van der Waals surface area contributed by atoms with E-state index in [1.54, 1.807) is 4.90 Å². The van der Waals surface area contributed by atoms with E-state index in [0.717, 1.165) is 38.9 Å². The first-order chi connectivity index (χ1) is 10.1. The largest absolute Gasteiger partial charge is 0.481 e. The van der Waals surface area contributed by atoms with Crippen molar-refractivity contribution in [1.29, 1.82) is 0 Å². The highest BCUT2D eigenvalue weighted by molar-refractivity contribution is 5.75. The van der Waals surface area contributed by atoms with Gasteiger partial charge in [-0.25, -0.2) is 4.79 Å². The summed E-state index contributed by atoms with van der Waals surface area (Å²) in [6.45, 7) is 6.70. The third kappa shape index (κ3) is 4.88. The maximum absolute atomic E-state index is 12.2. The Hall–Kier alpha value is -1.30. The summed E-state index contributed by atoms with van der Waals surface area (Å²) in [5, 5.41) is 11.9. The summed E-state index contributed by atoms with van der Waals surface area (Å²) in [6, 6.07) is 0.251. The van der Waals surface area contributed by atoms with E-state index in [2.05, 4.69) is 17.1 Å². The van der Waals surface area contributed by atoms with Crippen molar-refractivity contribution in [2.24, 2.45) is 5.92 Å². The molecule has 2 heterocycles. The summed E-state index contributed by atoms with van der Waals surface area (Å²) in [4.78, 5) is 27.1. The lowest BCUT2D eigenvalue weighted by Crippen LogP contribution is -2.48. The van der Waals surface area contributed by atoms with Gasteiger partial charge in [0.05, 0.1) is 0 Å². The van der Waals surface area contributed by atoms with Gasteiger partial charge in [0.15, 0.2) is 0 Å². The maximum Gasteiger partial charge on any atom is 0.317 e. The van der Waals surface area contributed by atoms with Crippen molar-refractivity contribution < 1.29 is 14.7 Å². The van der Waals surface area contributed by atoms with E-state index in [1.807, 2.05) is 0 Å². The number of likely N-dealkylation sites (tertiary alicyclic amines) is 2. The summed E-state index contributed by atoms with van der Waals surface area (Å²) in [5.41, 5.74) is 0. The van der Waals surface area contributed by atoms with Gasteiger partial charge in [0.25, 0.3) is 0 Å². The van der Waals surface area contributed by atoms with Crippen LogP contribution >= 0.6 is 0 Å². The number of nitrogens with one attached hydrogen (secondary N) is 1. The molecule has 2 fully saturated rings. The van der Waals surface area contributed by atoms with Gasteiger partial charge in [-0.2, -0.15) is 0 Å². The number of piperidine rings is 1. The standard InChI is InChI=1S/C15H27N3O3/c1-2-6-17-7-4-13(5-8-17)16-15(21)18-9-3-12(11-18)10-14(19)20/h12-13H,2-11H2,1H3,(H,16,21)(H,19,20). The zero-order valence-corrected chi connectivity index (χ0v) is 12.9. The lowest BCUT2D eigenvalue weighted by Gasteiger charge is -2.33. The second-order valence-corrected chi connectivity index (χ2v) is 6.26. The van der Waals surface area contributed by atoms with Crippen LogP contribution in [0.3, 0.4) is 0 Å². The van der Waals surface area contributed by atoms with Gasteiger partial charge >= 0.3 is 12.0 Å². The van der Waals surface area contributed by atoms with Gasteiger partial charge in [0.2, 0.25) is 0 Å². The predicted octanol–water partition coefficient (Wildman–Crippen LogP) is 1.37. The van der Waals surface area contributed by atoms with E-state index in [4.69, 9.17) is 5.11 Å². The fraction of sp³-hybridized carbons (Fsp3) is 0.867. The third-order valence-corrected chi connectivity index (χ3v) is 4.49. The Morgan fingerprint density at radius 3 is 2.52 bits per heavy atom. The molecule has 120 valence electrons. The molecule has 2 aliphatic rings. The monoisotopic (exact) mass is 297 g/mol. The van der Waals surface area contributed by atoms with Crippen LogP contribution in [0, 0.1) is 5.92 Å². The highest BCUT2D eigenvalue weighted by Crippen LogP contribution is 2.20. The van der Waals surface area contributed by atoms with Gasteiger partial charge in [-0.1, -0.05) is 6.92 Å². The lowest BCUT2D eigenvalue weighted by molar-refractivity contribution is -0.138. The van der Waals surface area contributed by atoms with Crippen molar-refractivity contribution >= 4 is 12.0 Å². The zero-order chi connectivity index (χ0) is 15.2. The average molecular weight is 297 g/mol. The lowest BCUT2D eigenvalue weighted by atomic mass is 10.1. The fourth-order valence-electron chi connectivity index (χ4n) is 3.31. The van der Waals surface area contributed by atoms with E-state index in [-0.39, 0.29) is 24.4 Å². The Morgan fingerprint density at radius 1 is 1.19 bits per heavy atom. The summed E-state index contributed by atoms with van der Waals surface area (Å²) < 4.78 is 0. The molecule has 6 nitrogen and oxygen atoms in total. The van der Waals surface area contributed by atoms with Crippen LogP contribution in [-0.2, 0) is 4.79 Å². The fourth-order valence-corrected chi connectivity index (χ4v) is 3.31. The van der Waals surface area contributed by atoms with Crippen LogP contribution in [0.15, 0.2) is 0 Å². The molecule has 2 saturated heterocycles. The second-order valence-electron chi connectivity index (χ2n) is 6.26. The molecule has 6 heteroatoms. The van der Waals surface area contributed by atoms with Gasteiger partial charge in [0.1, 0.15) is 0 Å². The minimum atomic E-state index is -0.773. The maximum atomic E-state index is 12.2. The smallest absolute Gasteiger partial charge is 0.317 e. The molecule has 0 aromatic rings. The SMILES string of the molecule is CCCN1CCC(NC(=O)N2CCC(CC(=O)O)C2)CC1. The van der Waals surface area contributed by atoms with Crippen LogP contribution in [0.5, 0.6) is 0 Å². The summed E-state index contributed by atoms with van der Waals surface area (Å²) in [7, 11) is 0. The number of rotatable bonds is 5. The third-order valence-electron chi connectivity index (χ3n) is 4.49. The number of amides is 2. The van der Waals surface area contributed by atoms with E-state index < -0.39 is 5.97 Å². The molecule has 2 aliphatic heterocycles. The van der Waals surface area contributed by atoms with Crippen molar-refractivity contribution in [3.05, 3.63) is 0 Å². The normalized spacial score (nSPS) is 24.2. The van der Waals surface area contributed by atoms with Gasteiger partial charge in [-0.15, -0.1) is 0 Å². The molecule has 21 heavy (non-hydrogen) atoms. The first-order valence-electron chi connectivity index (χ1n) is 8.08. The molecular formula is C15H27N3O3. The van der Waals surface area contributed by atoms with Crippen LogP contribution in [-0.4, -0.2) is 65.7 Å². The van der Waals surface area contributed by atoms with Gasteiger partial charge in [-0.05, 0) is 38.1 Å². The molecule has 2 rings (SSSR count). The summed E-state index contributed by atoms with van der Waals surface area (Å²) >= 11 is 0. The quantitative estimate of drug-likeness (QED) is 0.804. The molecule has 0 aromatic carbocycles. The topological polar surface area (TPSA) is 72.9 Å². The summed E-state index contributed by atoms with van der Waals surface area (Å²) in [5.74, 6) is -0.662. The Kier molecular flexibility index (Phi) is 5.85. The molecule has 1 unspecified atom stereocenters. The highest BCUT2D eigenvalue weighted by Gasteiger charge is 2.29.